The predicted molar refractivity (Wildman–Crippen MR) is 107 cm³/mol. The Morgan fingerprint density at radius 1 is 1.20 bits per heavy atom. The molecule has 0 saturated heterocycles. The highest BCUT2D eigenvalue weighted by Crippen LogP contribution is 2.36. The van der Waals surface area contributed by atoms with Gasteiger partial charge in [0.05, 0.1) is 12.3 Å². The monoisotopic (exact) mass is 416 g/mol. The second-order valence-corrected chi connectivity index (χ2v) is 6.28. The van der Waals surface area contributed by atoms with Gasteiger partial charge < -0.3 is 19.9 Å². The molecule has 30 heavy (non-hydrogen) atoms. The van der Waals surface area contributed by atoms with Gasteiger partial charge in [0.15, 0.2) is 29.7 Å². The van der Waals surface area contributed by atoms with E-state index in [0.29, 0.717) is 5.82 Å². The highest BCUT2D eigenvalue weighted by Gasteiger charge is 2.18. The van der Waals surface area contributed by atoms with E-state index in [0.717, 1.165) is 10.7 Å². The lowest BCUT2D eigenvalue weighted by Gasteiger charge is -2.14. The molecule has 0 aliphatic carbocycles. The molecule has 158 valence electrons. The van der Waals surface area contributed by atoms with Crippen molar-refractivity contribution in [1.82, 2.24) is 14.3 Å². The Labute approximate surface area is 171 Å². The lowest BCUT2D eigenvalue weighted by Crippen LogP contribution is -2.22. The Hall–Kier alpha value is -3.82. The number of carbonyl (C=O) groups excluding carboxylic acids is 1. The van der Waals surface area contributed by atoms with Crippen LogP contribution in [0.1, 0.15) is 12.7 Å². The van der Waals surface area contributed by atoms with Crippen LogP contribution in [0.15, 0.2) is 41.2 Å². The number of nitrogens with two attached hydrogens (primary N) is 1. The topological polar surface area (TPSA) is 111 Å². The van der Waals surface area contributed by atoms with Crippen LogP contribution in [0.5, 0.6) is 17.2 Å². The molecule has 10 heteroatoms. The molecule has 9 nitrogen and oxygen atoms in total. The summed E-state index contributed by atoms with van der Waals surface area (Å²) in [6, 6.07) is 8.91. The predicted octanol–water partition coefficient (Wildman–Crippen LogP) is 2.33. The van der Waals surface area contributed by atoms with Gasteiger partial charge in [-0.2, -0.15) is 9.78 Å². The Balaban J connectivity index is 1.94. The quantitative estimate of drug-likeness (QED) is 0.465. The molecule has 0 fully saturated rings. The highest BCUT2D eigenvalue weighted by atomic mass is 19.1. The first-order chi connectivity index (χ1) is 14.3. The van der Waals surface area contributed by atoms with Crippen LogP contribution in [0.4, 0.5) is 10.1 Å². The van der Waals surface area contributed by atoms with Crippen LogP contribution in [-0.4, -0.2) is 33.5 Å². The molecule has 0 bridgehead atoms. The number of ether oxygens (including phenoxy) is 3. The van der Waals surface area contributed by atoms with Crippen LogP contribution in [0, 0.1) is 12.7 Å². The van der Waals surface area contributed by atoms with Crippen LogP contribution < -0.4 is 20.9 Å². The highest BCUT2D eigenvalue weighted by molar-refractivity contribution is 5.71. The van der Waals surface area contributed by atoms with Gasteiger partial charge in [0.2, 0.25) is 0 Å². The number of halogens is 1. The Kier molecular flexibility index (Phi) is 6.05. The van der Waals surface area contributed by atoms with Crippen molar-refractivity contribution in [2.75, 3.05) is 18.9 Å². The van der Waals surface area contributed by atoms with Gasteiger partial charge in [-0.3, -0.25) is 4.57 Å². The van der Waals surface area contributed by atoms with Crippen molar-refractivity contribution in [3.63, 3.8) is 0 Å². The number of rotatable bonds is 7. The van der Waals surface area contributed by atoms with Crippen molar-refractivity contribution >= 4 is 11.7 Å². The molecule has 1 heterocycles. The summed E-state index contributed by atoms with van der Waals surface area (Å²) in [6.45, 7) is 3.25. The van der Waals surface area contributed by atoms with Crippen LogP contribution in [-0.2, 0) is 16.6 Å². The summed E-state index contributed by atoms with van der Waals surface area (Å²) in [4.78, 5) is 23.9. The Morgan fingerprint density at radius 3 is 2.53 bits per heavy atom. The van der Waals surface area contributed by atoms with E-state index < -0.39 is 17.5 Å². The minimum atomic E-state index is -0.730. The Morgan fingerprint density at radius 2 is 1.90 bits per heavy atom. The summed E-state index contributed by atoms with van der Waals surface area (Å²) in [7, 11) is 1.53. The number of carbonyl (C=O) groups is 1. The SMILES string of the molecule is CCOC(=O)COc1ccccc1Oc1cc(-n2nc(C)n(C)c2=O)c(F)cc1N. The third-order valence-corrected chi connectivity index (χ3v) is 4.23. The zero-order valence-corrected chi connectivity index (χ0v) is 16.7. The number of para-hydroxylation sites is 2. The normalized spacial score (nSPS) is 10.7. The molecule has 3 rings (SSSR count). The number of benzene rings is 2. The van der Waals surface area contributed by atoms with Gasteiger partial charge in [-0.05, 0) is 26.0 Å². The van der Waals surface area contributed by atoms with Crippen molar-refractivity contribution in [3.05, 3.63) is 58.5 Å². The zero-order valence-electron chi connectivity index (χ0n) is 16.7. The van der Waals surface area contributed by atoms with E-state index in [9.17, 15) is 14.0 Å². The average molecular weight is 416 g/mol. The number of hydrogen-bond donors (Lipinski definition) is 1. The molecule has 0 saturated carbocycles. The number of nitrogens with zero attached hydrogens (tertiary/aromatic N) is 3. The number of hydrogen-bond acceptors (Lipinski definition) is 7. The fourth-order valence-electron chi connectivity index (χ4n) is 2.61. The van der Waals surface area contributed by atoms with Gasteiger partial charge in [0.1, 0.15) is 11.5 Å². The Bertz CT molecular complexity index is 1140. The molecular formula is C20H21FN4O5. The van der Waals surface area contributed by atoms with E-state index in [1.165, 1.54) is 17.7 Å². The van der Waals surface area contributed by atoms with Crippen LogP contribution >= 0.6 is 0 Å². The molecular weight excluding hydrogens is 395 g/mol. The van der Waals surface area contributed by atoms with Crippen LogP contribution in [0.25, 0.3) is 5.69 Å². The molecule has 0 radical (unpaired) electrons. The maximum atomic E-state index is 14.5. The second kappa shape index (κ2) is 8.68. The van der Waals surface area contributed by atoms with Gasteiger partial charge in [-0.15, -0.1) is 0 Å². The molecule has 0 atom stereocenters. The van der Waals surface area contributed by atoms with Crippen molar-refractivity contribution in [3.8, 4) is 22.9 Å². The van der Waals surface area contributed by atoms with E-state index in [2.05, 4.69) is 5.10 Å². The first-order valence-electron chi connectivity index (χ1n) is 9.09. The molecule has 1 aromatic heterocycles. The summed E-state index contributed by atoms with van der Waals surface area (Å²) >= 11 is 0. The van der Waals surface area contributed by atoms with Crippen LogP contribution in [0.3, 0.4) is 0 Å². The minimum Gasteiger partial charge on any atom is -0.478 e. The number of esters is 1. The first kappa shape index (κ1) is 20.9. The molecule has 0 aliphatic heterocycles. The fraction of sp³-hybridized carbons (Fsp3) is 0.250. The maximum Gasteiger partial charge on any atom is 0.350 e. The van der Waals surface area contributed by atoms with Crippen molar-refractivity contribution in [2.45, 2.75) is 13.8 Å². The van der Waals surface area contributed by atoms with Gasteiger partial charge >= 0.3 is 11.7 Å². The zero-order chi connectivity index (χ0) is 21.8. The lowest BCUT2D eigenvalue weighted by atomic mass is 10.2. The van der Waals surface area contributed by atoms with Crippen LogP contribution in [0.2, 0.25) is 0 Å². The van der Waals surface area contributed by atoms with E-state index >= 15 is 0 Å². The van der Waals surface area contributed by atoms with Gasteiger partial charge in [0, 0.05) is 19.2 Å². The molecule has 0 spiro atoms. The third kappa shape index (κ3) is 4.27. The molecule has 2 aromatic carbocycles. The van der Waals surface area contributed by atoms with Gasteiger partial charge in [-0.25, -0.2) is 14.0 Å². The first-order valence-corrected chi connectivity index (χ1v) is 9.09. The standard InChI is InChI=1S/C20H21FN4O5/c1-4-28-19(26)11-29-16-7-5-6-8-17(16)30-18-10-15(13(21)9-14(18)22)25-20(27)24(3)12(2)23-25/h5-10H,4,11,22H2,1-3H3. The lowest BCUT2D eigenvalue weighted by molar-refractivity contribution is -0.145. The fourth-order valence-corrected chi connectivity index (χ4v) is 2.61. The van der Waals surface area contributed by atoms with Crippen molar-refractivity contribution in [1.29, 1.82) is 0 Å². The minimum absolute atomic E-state index is 0.0112. The molecule has 3 aromatic rings. The second-order valence-electron chi connectivity index (χ2n) is 6.28. The summed E-state index contributed by atoms with van der Waals surface area (Å²) < 4.78 is 32.8. The summed E-state index contributed by atoms with van der Waals surface area (Å²) in [6.07, 6.45) is 0. The number of nitrogen functional groups attached to an aromatic ring is 1. The maximum absolute atomic E-state index is 14.5. The van der Waals surface area contributed by atoms with E-state index in [1.807, 2.05) is 0 Å². The number of aryl methyl sites for hydroxylation is 1. The molecule has 2 N–H and O–H groups in total. The molecule has 0 aliphatic rings. The van der Waals surface area contributed by atoms with E-state index in [-0.39, 0.29) is 41.8 Å². The van der Waals surface area contributed by atoms with Crippen molar-refractivity contribution < 1.29 is 23.4 Å². The summed E-state index contributed by atoms with van der Waals surface area (Å²) in [5, 5.41) is 4.06. The van der Waals surface area contributed by atoms with Gasteiger partial charge in [0.25, 0.3) is 0 Å². The molecule has 0 unspecified atom stereocenters. The number of anilines is 1. The summed E-state index contributed by atoms with van der Waals surface area (Å²) in [5.41, 5.74) is 5.29. The van der Waals surface area contributed by atoms with Crippen molar-refractivity contribution in [2.24, 2.45) is 7.05 Å². The average Bonchev–Trinajstić information content (AvgIpc) is 2.96. The van der Waals surface area contributed by atoms with E-state index in [1.54, 1.807) is 38.1 Å². The van der Waals surface area contributed by atoms with Gasteiger partial charge in [-0.1, -0.05) is 12.1 Å². The smallest absolute Gasteiger partial charge is 0.350 e. The molecule has 0 amide bonds. The summed E-state index contributed by atoms with van der Waals surface area (Å²) in [5.74, 6) is -0.241. The largest absolute Gasteiger partial charge is 0.478 e. The third-order valence-electron chi connectivity index (χ3n) is 4.23. The number of aromatic nitrogens is 3. The van der Waals surface area contributed by atoms with E-state index in [4.69, 9.17) is 19.9 Å².